The fourth-order valence-corrected chi connectivity index (χ4v) is 0.940. The summed E-state index contributed by atoms with van der Waals surface area (Å²) in [6.45, 7) is 2.21. The molecule has 0 unspecified atom stereocenters. The maximum atomic E-state index is 9.66. The molecule has 0 rings (SSSR count). The molecule has 0 radical (unpaired) electrons. The molecule has 4 heteroatoms. The van der Waals surface area contributed by atoms with Crippen LogP contribution in [0.2, 0.25) is 0 Å². The highest BCUT2D eigenvalue weighted by Crippen LogP contribution is 1.66. The summed E-state index contributed by atoms with van der Waals surface area (Å²) in [7, 11) is 0. The Morgan fingerprint density at radius 1 is 1.57 bits per heavy atom. The second kappa shape index (κ2) is 4.76. The van der Waals surface area contributed by atoms with Gasteiger partial charge in [-0.25, -0.2) is 0 Å². The summed E-state index contributed by atoms with van der Waals surface area (Å²) >= 11 is -3.33. The predicted molar refractivity (Wildman–Crippen MR) is 16.2 cm³/mol. The van der Waals surface area contributed by atoms with Gasteiger partial charge in [-0.1, -0.05) is 6.92 Å². The number of hydrogen-bond donors (Lipinski definition) is 0. The first kappa shape index (κ1) is 7.61. The highest BCUT2D eigenvalue weighted by Gasteiger charge is 2.07. The Morgan fingerprint density at radius 2 is 2.14 bits per heavy atom. The minimum atomic E-state index is -3.33. The molecule has 0 atom stereocenters. The first-order valence-electron chi connectivity index (χ1n) is 1.96. The van der Waals surface area contributed by atoms with E-state index in [4.69, 9.17) is 0 Å². The van der Waals surface area contributed by atoms with Gasteiger partial charge in [0.25, 0.3) is 0 Å². The molecule has 0 bridgehead atoms. The van der Waals surface area contributed by atoms with Gasteiger partial charge in [0.05, 0.1) is 0 Å². The Balaban J connectivity index is 2.68. The van der Waals surface area contributed by atoms with Gasteiger partial charge in [0.1, 0.15) is 6.61 Å². The molecule has 0 aromatic carbocycles. The van der Waals surface area contributed by atoms with Crippen molar-refractivity contribution in [1.29, 1.82) is 0 Å². The quantitative estimate of drug-likeness (QED) is 0.448. The molecule has 0 aliphatic rings. The summed E-state index contributed by atoms with van der Waals surface area (Å²) in [6.07, 6.45) is 0.762. The van der Waals surface area contributed by atoms with E-state index in [0.717, 1.165) is 6.42 Å². The van der Waals surface area contributed by atoms with E-state index in [1.807, 2.05) is 6.92 Å². The van der Waals surface area contributed by atoms with Crippen molar-refractivity contribution in [3.63, 3.8) is 0 Å². The van der Waals surface area contributed by atoms with E-state index in [9.17, 15) is 6.87 Å². The van der Waals surface area contributed by atoms with Gasteiger partial charge in [-0.05, 0) is 9.49 Å². The lowest BCUT2D eigenvalue weighted by molar-refractivity contribution is -1.63. The molecule has 0 aromatic heterocycles. The van der Waals surface area contributed by atoms with Gasteiger partial charge in [-0.2, -0.15) is 0 Å². The van der Waals surface area contributed by atoms with E-state index >= 15 is 0 Å². The highest BCUT2D eigenvalue weighted by molar-refractivity contribution is 4.12. The zero-order valence-corrected chi connectivity index (χ0v) is 6.17. The number of halogens is 1. The van der Waals surface area contributed by atoms with E-state index < -0.39 is 21.1 Å². The van der Waals surface area contributed by atoms with Crippen LogP contribution in [0.15, 0.2) is 0 Å². The number of rotatable bonds is 3. The van der Waals surface area contributed by atoms with Crippen LogP contribution < -0.4 is 27.9 Å². The Labute approximate surface area is 51.3 Å². The van der Waals surface area contributed by atoms with Gasteiger partial charge < -0.3 is 6.87 Å². The second-order valence-electron chi connectivity index (χ2n) is 1.00. The topological polar surface area (TPSA) is 55.3 Å². The van der Waals surface area contributed by atoms with Crippen molar-refractivity contribution in [1.82, 2.24) is 0 Å². The number of hydrogen-bond acceptors (Lipinski definition) is 3. The van der Waals surface area contributed by atoms with Crippen molar-refractivity contribution >= 4 is 0 Å². The van der Waals surface area contributed by atoms with Gasteiger partial charge in [-0.15, -0.1) is 0 Å². The minimum absolute atomic E-state index is 0.345. The molecular weight excluding hydrogens is 211 g/mol. The third-order valence-corrected chi connectivity index (χ3v) is 1.32. The van der Waals surface area contributed by atoms with Crippen molar-refractivity contribution in [2.24, 2.45) is 0 Å². The smallest absolute Gasteiger partial charge is 0.396 e. The monoisotopic (exact) mass is 218 g/mol. The molecule has 0 N–H and O–H groups in total. The minimum Gasteiger partial charge on any atom is -0.396 e. The van der Waals surface area contributed by atoms with E-state index in [0.29, 0.717) is 6.61 Å². The maximum Gasteiger partial charge on any atom is 0.506 e. The van der Waals surface area contributed by atoms with E-state index in [1.54, 1.807) is 0 Å². The Hall–Kier alpha value is 0.610. The van der Waals surface area contributed by atoms with Crippen molar-refractivity contribution in [3.05, 3.63) is 0 Å². The van der Waals surface area contributed by atoms with Crippen LogP contribution in [0, 0.1) is 0 Å². The summed E-state index contributed by atoms with van der Waals surface area (Å²) in [6, 6.07) is 0. The van der Waals surface area contributed by atoms with Gasteiger partial charge in [0.2, 0.25) is 0 Å². The molecule has 0 aliphatic carbocycles. The van der Waals surface area contributed by atoms with Crippen LogP contribution in [-0.2, 0) is 3.07 Å². The highest BCUT2D eigenvalue weighted by atomic mass is 127. The van der Waals surface area contributed by atoms with Gasteiger partial charge >= 0.3 is 21.1 Å². The van der Waals surface area contributed by atoms with E-state index in [2.05, 4.69) is 3.07 Å². The van der Waals surface area contributed by atoms with Gasteiger partial charge in [-0.3, -0.25) is 0 Å². The van der Waals surface area contributed by atoms with Gasteiger partial charge in [0, 0.05) is 0 Å². The fraction of sp³-hybridized carbons (Fsp3) is 1.00. The molecular formula is C3H7IO3. The van der Waals surface area contributed by atoms with Crippen LogP contribution in [0.4, 0.5) is 0 Å². The summed E-state index contributed by atoms with van der Waals surface area (Å²) in [5, 5.41) is 0. The van der Waals surface area contributed by atoms with Crippen LogP contribution >= 0.6 is 0 Å². The molecule has 44 valence electrons. The molecule has 0 saturated carbocycles. The van der Waals surface area contributed by atoms with Crippen LogP contribution in [0.5, 0.6) is 0 Å². The average molecular weight is 218 g/mol. The zero-order chi connectivity index (χ0) is 5.70. The summed E-state index contributed by atoms with van der Waals surface area (Å²) in [5.74, 6) is 0. The van der Waals surface area contributed by atoms with Crippen LogP contribution in [-0.4, -0.2) is 6.61 Å². The van der Waals surface area contributed by atoms with Crippen molar-refractivity contribution < 1.29 is 31.0 Å². The molecule has 0 heterocycles. The predicted octanol–water partition coefficient (Wildman–Crippen LogP) is -4.50. The van der Waals surface area contributed by atoms with Crippen LogP contribution in [0.3, 0.4) is 0 Å². The largest absolute Gasteiger partial charge is 0.506 e. The normalized spacial score (nSPS) is 10.3. The summed E-state index contributed by atoms with van der Waals surface area (Å²) in [4.78, 5) is 0. The van der Waals surface area contributed by atoms with Crippen LogP contribution in [0.25, 0.3) is 0 Å². The van der Waals surface area contributed by atoms with Crippen molar-refractivity contribution in [3.8, 4) is 0 Å². The molecule has 0 fully saturated rings. The summed E-state index contributed by atoms with van der Waals surface area (Å²) < 4.78 is 23.6. The lowest BCUT2D eigenvalue weighted by atomic mass is 10.5. The van der Waals surface area contributed by atoms with Crippen LogP contribution in [0.1, 0.15) is 13.3 Å². The lowest BCUT2D eigenvalue weighted by Gasteiger charge is -1.86. The Bertz CT molecular complexity index is 39.2. The second-order valence-corrected chi connectivity index (χ2v) is 2.70. The van der Waals surface area contributed by atoms with Crippen molar-refractivity contribution in [2.75, 3.05) is 6.61 Å². The Morgan fingerprint density at radius 3 is 2.29 bits per heavy atom. The molecule has 0 amide bonds. The van der Waals surface area contributed by atoms with E-state index in [-0.39, 0.29) is 0 Å². The molecule has 3 nitrogen and oxygen atoms in total. The molecule has 0 spiro atoms. The summed E-state index contributed by atoms with van der Waals surface area (Å²) in [5.41, 5.74) is 0. The molecule has 0 aromatic rings. The first-order valence-corrected chi connectivity index (χ1v) is 4.60. The molecule has 0 aliphatic heterocycles. The SMILES string of the molecule is CCCO[I+2]([O-])[O-]. The maximum absolute atomic E-state index is 9.66. The zero-order valence-electron chi connectivity index (χ0n) is 4.02. The fourth-order valence-electron chi connectivity index (χ4n) is 0.140. The molecule has 0 saturated heterocycles. The third-order valence-electron chi connectivity index (χ3n) is 0.370. The lowest BCUT2D eigenvalue weighted by Crippen LogP contribution is -3.99. The van der Waals surface area contributed by atoms with Gasteiger partial charge in [0.15, 0.2) is 0 Å². The molecule has 7 heavy (non-hydrogen) atoms. The average Bonchev–Trinajstić information content (AvgIpc) is 1.61. The van der Waals surface area contributed by atoms with E-state index in [1.165, 1.54) is 0 Å². The Kier molecular flexibility index (Phi) is 5.18. The van der Waals surface area contributed by atoms with Crippen molar-refractivity contribution in [2.45, 2.75) is 13.3 Å². The standard InChI is InChI=1S/C3H7IO3/c1-2-3-7-4(5)6/h2-3H2,1H3. The third kappa shape index (κ3) is 6.61. The first-order chi connectivity index (χ1) is 3.27.